The molecule has 2 saturated heterocycles. The number of carbonyl (C=O) groups excluding carboxylic acids is 17. The summed E-state index contributed by atoms with van der Waals surface area (Å²) >= 11 is 0. The van der Waals surface area contributed by atoms with Crippen LogP contribution in [0.5, 0.6) is 0 Å². The Bertz CT molecular complexity index is 3820. The zero-order valence-corrected chi connectivity index (χ0v) is 64.2. The maximum absolute atomic E-state index is 15.9. The van der Waals surface area contributed by atoms with Crippen molar-refractivity contribution >= 4 is 107 Å². The number of benzene rings is 3. The lowest BCUT2D eigenvalue weighted by molar-refractivity contribution is -0.323. The number of esters is 14. The normalized spacial score (nSPS) is 22.3. The number of nitrogens with zero attached hydrogens (tertiary/aromatic N) is 1. The minimum Gasteiger partial charge on any atom is -0.478 e. The fraction of sp³-hybridized carbons (Fsp3) is 0.514. The average Bonchev–Trinajstić information content (AvgIpc) is 0.755. The molecule has 18 atom stereocenters. The molecule has 5 N–H and O–H groups in total. The van der Waals surface area contributed by atoms with Crippen molar-refractivity contribution in [2.75, 3.05) is 26.3 Å². The first-order valence-corrected chi connectivity index (χ1v) is 34.8. The van der Waals surface area contributed by atoms with Crippen molar-refractivity contribution < 1.29 is 177 Å². The van der Waals surface area contributed by atoms with Crippen molar-refractivity contribution in [3.05, 3.63) is 107 Å². The van der Waals surface area contributed by atoms with Crippen molar-refractivity contribution in [2.45, 2.75) is 219 Å². The molecule has 3 aromatic rings. The number of carboxylic acid groups (broad SMARTS) is 1. The summed E-state index contributed by atoms with van der Waals surface area (Å²) < 4.78 is 90.5. The standard InChI is InChI=1S/C74H89N3O37/c1-35(78)99-33-55(101-37(3)80)59(105-41(7)84)61(107-43(9)86)65(111-47(13)90)69(92)75-67-63(109-45(11)88)57(103-39(5)82)53(113-73(67,97)29-49-22-17-15-18-23-49)31-77(71(94)51-26-21-27-52(28-51)72(95)96)32-54-58(104-40(6)83)64(110-46(12)89)68(74(98,114-54)30-50-24-19-16-20-25-50)76-70(93)66(112-48(14)91)62(108-44(10)87)60(106-42(8)85)56(102-38(4)81)34-100-36(2)79/h15-28,53-68,97-98H,29-34H2,1-14H3,(H,75,92)(H,76,93)(H,95,96)/t53-,54-,55-,56-,57-,58-,59-,60-,61+,62+,63+,64+,65-,66-,67-,68-,73+,74+/m1/s1. The third-order valence-corrected chi connectivity index (χ3v) is 16.4. The van der Waals surface area contributed by atoms with Gasteiger partial charge in [-0.2, -0.15) is 0 Å². The maximum Gasteiger partial charge on any atom is 0.335 e. The van der Waals surface area contributed by atoms with Crippen LogP contribution in [0.4, 0.5) is 0 Å². The minimum atomic E-state index is -3.18. The van der Waals surface area contributed by atoms with Gasteiger partial charge in [0.25, 0.3) is 17.7 Å². The highest BCUT2D eigenvalue weighted by molar-refractivity contribution is 5.97. The number of amides is 3. The molecule has 2 aliphatic heterocycles. The molecule has 0 aliphatic carbocycles. The van der Waals surface area contributed by atoms with Gasteiger partial charge in [-0.1, -0.05) is 66.7 Å². The fourth-order valence-electron chi connectivity index (χ4n) is 12.5. The number of rotatable bonds is 36. The molecule has 0 saturated carbocycles. The van der Waals surface area contributed by atoms with Gasteiger partial charge in [-0.3, -0.25) is 81.5 Å². The van der Waals surface area contributed by atoms with Gasteiger partial charge in [0.2, 0.25) is 12.2 Å². The van der Waals surface area contributed by atoms with Gasteiger partial charge in [0.05, 0.1) is 18.7 Å². The fourth-order valence-corrected chi connectivity index (χ4v) is 12.5. The molecule has 3 aromatic carbocycles. The first kappa shape index (κ1) is 92.6. The first-order chi connectivity index (χ1) is 53.3. The molecule has 622 valence electrons. The van der Waals surface area contributed by atoms with Crippen LogP contribution in [-0.4, -0.2) is 263 Å². The lowest BCUT2D eigenvalue weighted by atomic mass is 9.84. The second-order valence-corrected chi connectivity index (χ2v) is 25.9. The van der Waals surface area contributed by atoms with E-state index in [2.05, 4.69) is 10.6 Å². The number of hydrogen-bond acceptors (Lipinski definition) is 36. The molecule has 3 amide bonds. The van der Waals surface area contributed by atoms with E-state index in [9.17, 15) is 87.2 Å². The Morgan fingerprint density at radius 3 is 0.982 bits per heavy atom. The summed E-state index contributed by atoms with van der Waals surface area (Å²) in [5, 5.41) is 42.2. The Morgan fingerprint density at radius 2 is 0.684 bits per heavy atom. The molecule has 40 nitrogen and oxygen atoms in total. The quantitative estimate of drug-likeness (QED) is 0.0370. The van der Waals surface area contributed by atoms with Crippen molar-refractivity contribution in [2.24, 2.45) is 0 Å². The monoisotopic (exact) mass is 1610 g/mol. The predicted molar refractivity (Wildman–Crippen MR) is 373 cm³/mol. The molecule has 0 unspecified atom stereocenters. The maximum atomic E-state index is 15.9. The third-order valence-electron chi connectivity index (χ3n) is 16.4. The summed E-state index contributed by atoms with van der Waals surface area (Å²) in [6, 6.07) is 13.9. The Hall–Kier alpha value is -12.0. The van der Waals surface area contributed by atoms with E-state index in [1.807, 2.05) is 0 Å². The Labute approximate surface area is 650 Å². The van der Waals surface area contributed by atoms with Crippen LogP contribution in [0.25, 0.3) is 0 Å². The van der Waals surface area contributed by atoms with Crippen LogP contribution < -0.4 is 10.6 Å². The van der Waals surface area contributed by atoms with Gasteiger partial charge in [-0.25, -0.2) is 4.79 Å². The molecular weight excluding hydrogens is 1520 g/mol. The van der Waals surface area contributed by atoms with E-state index >= 15 is 14.4 Å². The van der Waals surface area contributed by atoms with E-state index in [0.717, 1.165) is 121 Å². The molecule has 2 fully saturated rings. The zero-order chi connectivity index (χ0) is 85.4. The Balaban J connectivity index is 1.86. The van der Waals surface area contributed by atoms with Crippen LogP contribution >= 0.6 is 0 Å². The van der Waals surface area contributed by atoms with Crippen LogP contribution in [0.1, 0.15) is 129 Å². The average molecular weight is 1610 g/mol. The number of nitrogens with one attached hydrogen (secondary N) is 2. The first-order valence-electron chi connectivity index (χ1n) is 34.8. The Morgan fingerprint density at radius 1 is 0.377 bits per heavy atom. The van der Waals surface area contributed by atoms with Crippen LogP contribution in [-0.2, 0) is 165 Å². The molecule has 0 spiro atoms. The van der Waals surface area contributed by atoms with E-state index in [1.165, 1.54) is 60.7 Å². The number of aromatic carboxylic acids is 1. The smallest absolute Gasteiger partial charge is 0.335 e. The lowest BCUT2D eigenvalue weighted by Crippen LogP contribution is -2.75. The predicted octanol–water partition coefficient (Wildman–Crippen LogP) is -0.237. The summed E-state index contributed by atoms with van der Waals surface area (Å²) in [6.45, 7) is 7.18. The molecule has 114 heavy (non-hydrogen) atoms. The number of carboxylic acids is 1. The number of ether oxygens (including phenoxy) is 16. The molecule has 2 heterocycles. The summed E-state index contributed by atoms with van der Waals surface area (Å²) in [5.41, 5.74) is -0.845. The molecule has 5 rings (SSSR count). The second kappa shape index (κ2) is 42.0. The molecule has 2 aliphatic rings. The van der Waals surface area contributed by atoms with Crippen LogP contribution in [0.2, 0.25) is 0 Å². The molecular formula is C74H89N3O37. The van der Waals surface area contributed by atoms with Gasteiger partial charge in [-0.15, -0.1) is 0 Å². The summed E-state index contributed by atoms with van der Waals surface area (Å²) in [6.07, 6.45) is -34.1. The summed E-state index contributed by atoms with van der Waals surface area (Å²) in [5.74, 6) is -29.8. The van der Waals surface area contributed by atoms with Gasteiger partial charge in [0.15, 0.2) is 72.6 Å². The van der Waals surface area contributed by atoms with Crippen molar-refractivity contribution in [1.29, 1.82) is 0 Å². The van der Waals surface area contributed by atoms with Gasteiger partial charge in [0, 0.05) is 115 Å². The number of aliphatic hydroxyl groups is 2. The second-order valence-electron chi connectivity index (χ2n) is 25.9. The lowest BCUT2D eigenvalue weighted by Gasteiger charge is -2.52. The van der Waals surface area contributed by atoms with Crippen molar-refractivity contribution in [3.63, 3.8) is 0 Å². The SMILES string of the molecule is CC(=O)OC[C@@H](OC(C)=O)[C@@H](OC(C)=O)[C@H](OC(C)=O)[C@@H](OC(C)=O)C(=O)N[C@@H]1[C@@H](OC(C)=O)[C@H](OC(C)=O)[C@@H](CN(C[C@H]2O[C@@](O)(Cc3ccccc3)[C@H](NC(=O)[C@H](OC(C)=O)[C@@H](OC(C)=O)[C@H](OC(C)=O)[C@@H](COC(C)=O)OC(C)=O)[C@@H](OC(C)=O)[C@@H]2OC(C)=O)C(=O)c2cccc(C(=O)O)c2)O[C@@]1(O)Cc1ccccc1. The van der Waals surface area contributed by atoms with Gasteiger partial charge < -0.3 is 107 Å². The van der Waals surface area contributed by atoms with Crippen LogP contribution in [0.15, 0.2) is 84.9 Å². The van der Waals surface area contributed by atoms with Gasteiger partial charge in [-0.05, 0) is 29.3 Å². The largest absolute Gasteiger partial charge is 0.478 e. The highest BCUT2D eigenvalue weighted by Gasteiger charge is 2.62. The van der Waals surface area contributed by atoms with Gasteiger partial charge in [0.1, 0.15) is 37.5 Å². The number of hydrogen-bond donors (Lipinski definition) is 5. The Kier molecular flexibility index (Phi) is 34.1. The molecule has 40 heteroatoms. The highest BCUT2D eigenvalue weighted by atomic mass is 16.7. The molecule has 0 radical (unpaired) electrons. The van der Waals surface area contributed by atoms with E-state index in [1.54, 1.807) is 0 Å². The minimum absolute atomic E-state index is 0.106. The van der Waals surface area contributed by atoms with Crippen molar-refractivity contribution in [1.82, 2.24) is 15.5 Å². The van der Waals surface area contributed by atoms with E-state index in [0.29, 0.717) is 4.90 Å². The zero-order valence-electron chi connectivity index (χ0n) is 64.2. The highest BCUT2D eigenvalue weighted by Crippen LogP contribution is 2.39. The third kappa shape index (κ3) is 27.7. The van der Waals surface area contributed by atoms with Crippen LogP contribution in [0.3, 0.4) is 0 Å². The van der Waals surface area contributed by atoms with E-state index < -0.39 is 267 Å². The van der Waals surface area contributed by atoms with Gasteiger partial charge >= 0.3 is 89.5 Å². The van der Waals surface area contributed by atoms with E-state index in [4.69, 9.17) is 75.8 Å². The van der Waals surface area contributed by atoms with Crippen molar-refractivity contribution in [3.8, 4) is 0 Å². The molecule has 0 aromatic heterocycles. The summed E-state index contributed by atoms with van der Waals surface area (Å²) in [4.78, 5) is 243. The topological polar surface area (TPSA) is 543 Å². The molecule has 0 bridgehead atoms. The van der Waals surface area contributed by atoms with Crippen LogP contribution in [0, 0.1) is 0 Å². The number of carbonyl (C=O) groups is 18. The van der Waals surface area contributed by atoms with E-state index in [-0.39, 0.29) is 11.1 Å². The summed E-state index contributed by atoms with van der Waals surface area (Å²) in [7, 11) is 0.